The number of rotatable bonds is 4. The van der Waals surface area contributed by atoms with Crippen LogP contribution in [0.4, 0.5) is 0 Å². The Morgan fingerprint density at radius 3 is 1.70 bits per heavy atom. The van der Waals surface area contributed by atoms with Crippen LogP contribution >= 0.6 is 11.8 Å². The Labute approximate surface area is 66.6 Å². The monoisotopic (exact) mass is 167 g/mol. The molecule has 0 heterocycles. The van der Waals surface area contributed by atoms with Gasteiger partial charge in [0, 0.05) is 11.5 Å². The standard InChI is InChI=1S/C4H10O2S.C2H7N/c5-1-3-7-4-2-6;1-2-3/h5-6H,1-4H2;2-3H2,1H3. The van der Waals surface area contributed by atoms with E-state index in [4.69, 9.17) is 15.9 Å². The zero-order valence-corrected chi connectivity index (χ0v) is 7.23. The van der Waals surface area contributed by atoms with E-state index < -0.39 is 0 Å². The normalized spacial score (nSPS) is 8.40. The predicted molar refractivity (Wildman–Crippen MR) is 46.2 cm³/mol. The minimum atomic E-state index is 0.213. The van der Waals surface area contributed by atoms with Crippen LogP contribution in [0.2, 0.25) is 0 Å². The lowest BCUT2D eigenvalue weighted by Gasteiger charge is -1.90. The van der Waals surface area contributed by atoms with Crippen LogP contribution in [-0.2, 0) is 0 Å². The minimum Gasteiger partial charge on any atom is -0.396 e. The molecule has 64 valence electrons. The molecule has 10 heavy (non-hydrogen) atoms. The molecule has 0 rings (SSSR count). The van der Waals surface area contributed by atoms with Gasteiger partial charge in [0.2, 0.25) is 0 Å². The van der Waals surface area contributed by atoms with Crippen LogP contribution < -0.4 is 5.73 Å². The number of thioether (sulfide) groups is 1. The molecule has 0 aliphatic carbocycles. The van der Waals surface area contributed by atoms with Crippen molar-refractivity contribution in [2.75, 3.05) is 31.3 Å². The first-order valence-corrected chi connectivity index (χ1v) is 4.48. The highest BCUT2D eigenvalue weighted by Crippen LogP contribution is 1.94. The van der Waals surface area contributed by atoms with E-state index in [-0.39, 0.29) is 13.2 Å². The minimum absolute atomic E-state index is 0.213. The molecule has 3 nitrogen and oxygen atoms in total. The summed E-state index contributed by atoms with van der Waals surface area (Å²) in [5.74, 6) is 1.47. The maximum absolute atomic E-state index is 8.19. The molecule has 0 saturated carbocycles. The van der Waals surface area contributed by atoms with Crippen molar-refractivity contribution in [2.24, 2.45) is 5.73 Å². The Bertz CT molecular complexity index is 42.7. The summed E-state index contributed by atoms with van der Waals surface area (Å²) in [6.45, 7) is 3.08. The molecule has 0 aromatic carbocycles. The number of aliphatic hydroxyl groups is 2. The third-order valence-electron chi connectivity index (χ3n) is 0.471. The van der Waals surface area contributed by atoms with Crippen molar-refractivity contribution in [3.63, 3.8) is 0 Å². The predicted octanol–water partition coefficient (Wildman–Crippen LogP) is -0.331. The van der Waals surface area contributed by atoms with Crippen molar-refractivity contribution in [3.8, 4) is 0 Å². The summed E-state index contributed by atoms with van der Waals surface area (Å²) < 4.78 is 0. The molecule has 0 bridgehead atoms. The van der Waals surface area contributed by atoms with Gasteiger partial charge in [-0.25, -0.2) is 0 Å². The second-order valence-corrected chi connectivity index (χ2v) is 2.69. The smallest absolute Gasteiger partial charge is 0.0521 e. The Kier molecular flexibility index (Phi) is 20.7. The van der Waals surface area contributed by atoms with Crippen molar-refractivity contribution < 1.29 is 10.2 Å². The van der Waals surface area contributed by atoms with Crippen LogP contribution in [0.25, 0.3) is 0 Å². The summed E-state index contributed by atoms with van der Waals surface area (Å²) in [5.41, 5.74) is 4.85. The molecule has 0 atom stereocenters. The largest absolute Gasteiger partial charge is 0.396 e. The fraction of sp³-hybridized carbons (Fsp3) is 1.00. The average Bonchev–Trinajstić information content (AvgIpc) is 1.91. The third-order valence-corrected chi connectivity index (χ3v) is 1.41. The second kappa shape index (κ2) is 16.1. The molecule has 0 aromatic heterocycles. The summed E-state index contributed by atoms with van der Waals surface area (Å²) >= 11 is 1.55. The van der Waals surface area contributed by atoms with Gasteiger partial charge >= 0.3 is 0 Å². The topological polar surface area (TPSA) is 66.5 Å². The van der Waals surface area contributed by atoms with E-state index in [0.29, 0.717) is 0 Å². The van der Waals surface area contributed by atoms with Gasteiger partial charge in [0.15, 0.2) is 0 Å². The van der Waals surface area contributed by atoms with Gasteiger partial charge in [-0.3, -0.25) is 0 Å². The number of aliphatic hydroxyl groups excluding tert-OH is 2. The second-order valence-electron chi connectivity index (χ2n) is 1.47. The van der Waals surface area contributed by atoms with Crippen molar-refractivity contribution in [2.45, 2.75) is 6.92 Å². The van der Waals surface area contributed by atoms with Crippen LogP contribution in [-0.4, -0.2) is 41.5 Å². The molecule has 0 spiro atoms. The maximum atomic E-state index is 8.19. The van der Waals surface area contributed by atoms with Gasteiger partial charge in [-0.05, 0) is 6.54 Å². The molecule has 4 N–H and O–H groups in total. The number of hydrogen-bond donors (Lipinski definition) is 3. The van der Waals surface area contributed by atoms with Crippen LogP contribution in [0.5, 0.6) is 0 Å². The lowest BCUT2D eigenvalue weighted by molar-refractivity contribution is 0.318. The first-order valence-electron chi connectivity index (χ1n) is 3.33. The van der Waals surface area contributed by atoms with Gasteiger partial charge in [-0.1, -0.05) is 6.92 Å². The van der Waals surface area contributed by atoms with Crippen molar-refractivity contribution in [1.82, 2.24) is 0 Å². The molecule has 0 aliphatic heterocycles. The summed E-state index contributed by atoms with van der Waals surface area (Å²) in [5, 5.41) is 16.4. The quantitative estimate of drug-likeness (QED) is 0.502. The molecule has 0 radical (unpaired) electrons. The zero-order valence-electron chi connectivity index (χ0n) is 6.42. The number of hydrogen-bond acceptors (Lipinski definition) is 4. The van der Waals surface area contributed by atoms with E-state index in [2.05, 4.69) is 0 Å². The first kappa shape index (κ1) is 12.9. The van der Waals surface area contributed by atoms with Crippen molar-refractivity contribution in [3.05, 3.63) is 0 Å². The molecule has 0 fully saturated rings. The van der Waals surface area contributed by atoms with Gasteiger partial charge in [-0.15, -0.1) is 0 Å². The van der Waals surface area contributed by atoms with E-state index >= 15 is 0 Å². The lowest BCUT2D eigenvalue weighted by atomic mass is 10.8. The molecule has 0 aromatic rings. The Morgan fingerprint density at radius 2 is 1.50 bits per heavy atom. The first-order chi connectivity index (χ1) is 4.83. The van der Waals surface area contributed by atoms with Crippen LogP contribution in [0.3, 0.4) is 0 Å². The third kappa shape index (κ3) is 24.0. The van der Waals surface area contributed by atoms with E-state index in [9.17, 15) is 0 Å². The highest BCUT2D eigenvalue weighted by molar-refractivity contribution is 7.99. The molecule has 0 unspecified atom stereocenters. The Morgan fingerprint density at radius 1 is 1.20 bits per heavy atom. The molecule has 0 aliphatic rings. The fourth-order valence-corrected chi connectivity index (χ4v) is 0.693. The lowest BCUT2D eigenvalue weighted by Crippen LogP contribution is -1.91. The van der Waals surface area contributed by atoms with Gasteiger partial charge in [0.05, 0.1) is 13.2 Å². The molecule has 4 heteroatoms. The highest BCUT2D eigenvalue weighted by Gasteiger charge is 1.81. The Balaban J connectivity index is 0. The average molecular weight is 167 g/mol. The van der Waals surface area contributed by atoms with Crippen LogP contribution in [0.15, 0.2) is 0 Å². The fourth-order valence-electron chi connectivity index (χ4n) is 0.231. The van der Waals surface area contributed by atoms with E-state index in [0.717, 1.165) is 18.1 Å². The Hall–Kier alpha value is 0.230. The summed E-state index contributed by atoms with van der Waals surface area (Å²) in [6.07, 6.45) is 0. The van der Waals surface area contributed by atoms with E-state index in [1.807, 2.05) is 6.92 Å². The van der Waals surface area contributed by atoms with Gasteiger partial charge in [-0.2, -0.15) is 11.8 Å². The summed E-state index contributed by atoms with van der Waals surface area (Å²) in [4.78, 5) is 0. The SMILES string of the molecule is CCN.OCCSCCO. The zero-order chi connectivity index (χ0) is 8.24. The van der Waals surface area contributed by atoms with Crippen molar-refractivity contribution in [1.29, 1.82) is 0 Å². The molecule has 0 amide bonds. The van der Waals surface area contributed by atoms with Gasteiger partial charge in [0.1, 0.15) is 0 Å². The maximum Gasteiger partial charge on any atom is 0.0521 e. The van der Waals surface area contributed by atoms with Crippen molar-refractivity contribution >= 4 is 11.8 Å². The van der Waals surface area contributed by atoms with Crippen LogP contribution in [0, 0.1) is 0 Å². The van der Waals surface area contributed by atoms with Crippen LogP contribution in [0.1, 0.15) is 6.92 Å². The summed E-state index contributed by atoms with van der Waals surface area (Å²) in [7, 11) is 0. The van der Waals surface area contributed by atoms with E-state index in [1.165, 1.54) is 0 Å². The highest BCUT2D eigenvalue weighted by atomic mass is 32.2. The number of nitrogens with two attached hydrogens (primary N) is 1. The van der Waals surface area contributed by atoms with Gasteiger partial charge in [0.25, 0.3) is 0 Å². The van der Waals surface area contributed by atoms with E-state index in [1.54, 1.807) is 11.8 Å². The molecular weight excluding hydrogens is 150 g/mol. The molecule has 0 saturated heterocycles. The molecular formula is C6H17NO2S. The van der Waals surface area contributed by atoms with Gasteiger partial charge < -0.3 is 15.9 Å². The summed E-state index contributed by atoms with van der Waals surface area (Å²) in [6, 6.07) is 0.